The second-order valence-corrected chi connectivity index (χ2v) is 4.08. The highest BCUT2D eigenvalue weighted by Crippen LogP contribution is 2.05. The van der Waals surface area contributed by atoms with Crippen molar-refractivity contribution in [2.75, 3.05) is 0 Å². The van der Waals surface area contributed by atoms with Crippen LogP contribution in [0.5, 0.6) is 0 Å². The quantitative estimate of drug-likeness (QED) is 0.565. The van der Waals surface area contributed by atoms with Gasteiger partial charge >= 0.3 is 5.97 Å². The second kappa shape index (κ2) is 7.63. The predicted octanol–water partition coefficient (Wildman–Crippen LogP) is 1.38. The molecule has 3 N–H and O–H groups in total. The van der Waals surface area contributed by atoms with Crippen molar-refractivity contribution in [3.8, 4) is 0 Å². The van der Waals surface area contributed by atoms with Crippen molar-refractivity contribution in [3.05, 3.63) is 48.6 Å². The summed E-state index contributed by atoms with van der Waals surface area (Å²) in [4.78, 5) is 11.6. The van der Waals surface area contributed by atoms with E-state index in [1.165, 1.54) is 6.08 Å². The number of aliphatic hydroxyl groups is 1. The molecule has 0 saturated carbocycles. The molecule has 4 heteroatoms. The smallest absolute Gasteiger partial charge is 0.323 e. The van der Waals surface area contributed by atoms with Crippen LogP contribution in [0.4, 0.5) is 0 Å². The number of carbonyl (C=O) groups excluding carboxylic acids is 1. The van der Waals surface area contributed by atoms with E-state index in [1.54, 1.807) is 0 Å². The van der Waals surface area contributed by atoms with Crippen molar-refractivity contribution in [3.63, 3.8) is 0 Å². The van der Waals surface area contributed by atoms with E-state index in [2.05, 4.69) is 6.58 Å². The zero-order valence-corrected chi connectivity index (χ0v) is 10.3. The second-order valence-electron chi connectivity index (χ2n) is 4.08. The summed E-state index contributed by atoms with van der Waals surface area (Å²) in [5, 5.41) is 9.27. The van der Waals surface area contributed by atoms with Gasteiger partial charge in [0, 0.05) is 0 Å². The maximum atomic E-state index is 11.6. The minimum atomic E-state index is -0.705. The van der Waals surface area contributed by atoms with Crippen molar-refractivity contribution in [1.82, 2.24) is 0 Å². The molecule has 98 valence electrons. The molecule has 1 aromatic rings. The number of benzene rings is 1. The van der Waals surface area contributed by atoms with Crippen molar-refractivity contribution < 1.29 is 14.6 Å². The average molecular weight is 249 g/mol. The van der Waals surface area contributed by atoms with E-state index in [1.807, 2.05) is 30.3 Å². The summed E-state index contributed by atoms with van der Waals surface area (Å²) in [6.45, 7) is 3.67. The molecule has 18 heavy (non-hydrogen) atoms. The lowest BCUT2D eigenvalue weighted by molar-refractivity contribution is -0.146. The van der Waals surface area contributed by atoms with Gasteiger partial charge in [-0.05, 0) is 18.4 Å². The highest BCUT2D eigenvalue weighted by Gasteiger charge is 2.15. The zero-order chi connectivity index (χ0) is 13.4. The SMILES string of the molecule is C=CC(O)CC[C@H](N)C(=O)OCc1ccccc1. The first-order valence-electron chi connectivity index (χ1n) is 5.90. The lowest BCUT2D eigenvalue weighted by atomic mass is 10.1. The van der Waals surface area contributed by atoms with Crippen LogP contribution in [-0.2, 0) is 16.1 Å². The molecule has 2 atom stereocenters. The van der Waals surface area contributed by atoms with Crippen LogP contribution in [0.1, 0.15) is 18.4 Å². The first-order chi connectivity index (χ1) is 8.63. The van der Waals surface area contributed by atoms with E-state index in [4.69, 9.17) is 10.5 Å². The monoisotopic (exact) mass is 249 g/mol. The number of carbonyl (C=O) groups is 1. The minimum absolute atomic E-state index is 0.220. The molecule has 0 fully saturated rings. The molecule has 0 bridgehead atoms. The van der Waals surface area contributed by atoms with Gasteiger partial charge < -0.3 is 15.6 Å². The van der Waals surface area contributed by atoms with Crippen molar-refractivity contribution in [2.24, 2.45) is 5.73 Å². The Kier molecular flexibility index (Phi) is 6.11. The number of ether oxygens (including phenoxy) is 1. The summed E-state index contributed by atoms with van der Waals surface area (Å²) in [5.74, 6) is -0.449. The highest BCUT2D eigenvalue weighted by atomic mass is 16.5. The fourth-order valence-corrected chi connectivity index (χ4v) is 1.42. The molecule has 0 aromatic heterocycles. The molecule has 4 nitrogen and oxygen atoms in total. The van der Waals surface area contributed by atoms with E-state index >= 15 is 0 Å². The molecule has 0 aliphatic heterocycles. The molecule has 1 aromatic carbocycles. The van der Waals surface area contributed by atoms with Crippen LogP contribution in [0.15, 0.2) is 43.0 Å². The van der Waals surface area contributed by atoms with Gasteiger partial charge in [-0.3, -0.25) is 4.79 Å². The van der Waals surface area contributed by atoms with Crippen LogP contribution in [0.3, 0.4) is 0 Å². The third-order valence-corrected chi connectivity index (χ3v) is 2.57. The van der Waals surface area contributed by atoms with E-state index in [0.717, 1.165) is 5.56 Å². The standard InChI is InChI=1S/C14H19NO3/c1-2-12(16)8-9-13(15)14(17)18-10-11-6-4-3-5-7-11/h2-7,12-13,16H,1,8-10,15H2/t12?,13-/m0/s1. The number of aliphatic hydroxyl groups excluding tert-OH is 1. The average Bonchev–Trinajstić information content (AvgIpc) is 2.42. The van der Waals surface area contributed by atoms with Crippen LogP contribution in [0.2, 0.25) is 0 Å². The fourth-order valence-electron chi connectivity index (χ4n) is 1.42. The van der Waals surface area contributed by atoms with Gasteiger partial charge in [0.25, 0.3) is 0 Å². The predicted molar refractivity (Wildman–Crippen MR) is 69.7 cm³/mol. The van der Waals surface area contributed by atoms with E-state index < -0.39 is 18.1 Å². The summed E-state index contributed by atoms with van der Waals surface area (Å²) < 4.78 is 5.08. The molecule has 0 aliphatic rings. The van der Waals surface area contributed by atoms with Crippen LogP contribution in [-0.4, -0.2) is 23.2 Å². The van der Waals surface area contributed by atoms with E-state index in [-0.39, 0.29) is 6.61 Å². The van der Waals surface area contributed by atoms with Gasteiger partial charge in [0.05, 0.1) is 6.10 Å². The number of nitrogens with two attached hydrogens (primary N) is 1. The molecule has 0 heterocycles. The molecule has 0 saturated heterocycles. The molecule has 1 rings (SSSR count). The summed E-state index contributed by atoms with van der Waals surface area (Å²) in [5.41, 5.74) is 6.58. The van der Waals surface area contributed by atoms with Gasteiger partial charge in [-0.25, -0.2) is 0 Å². The number of hydrogen-bond acceptors (Lipinski definition) is 4. The largest absolute Gasteiger partial charge is 0.460 e. The van der Waals surface area contributed by atoms with Crippen molar-refractivity contribution in [1.29, 1.82) is 0 Å². The Hall–Kier alpha value is -1.65. The van der Waals surface area contributed by atoms with Gasteiger partial charge in [0.2, 0.25) is 0 Å². The third kappa shape index (κ3) is 5.12. The van der Waals surface area contributed by atoms with Gasteiger partial charge in [-0.1, -0.05) is 36.4 Å². The summed E-state index contributed by atoms with van der Waals surface area (Å²) in [7, 11) is 0. The molecule has 0 aliphatic carbocycles. The van der Waals surface area contributed by atoms with Crippen LogP contribution in [0.25, 0.3) is 0 Å². The molecular weight excluding hydrogens is 230 g/mol. The number of esters is 1. The molecular formula is C14H19NO3. The van der Waals surface area contributed by atoms with Crippen molar-refractivity contribution in [2.45, 2.75) is 31.6 Å². The van der Waals surface area contributed by atoms with Gasteiger partial charge in [0.1, 0.15) is 12.6 Å². The molecule has 1 unspecified atom stereocenters. The summed E-state index contributed by atoms with van der Waals surface area (Å²) >= 11 is 0. The van der Waals surface area contributed by atoms with E-state index in [0.29, 0.717) is 12.8 Å². The Morgan fingerprint density at radius 2 is 2.06 bits per heavy atom. The number of hydrogen-bond donors (Lipinski definition) is 2. The maximum Gasteiger partial charge on any atom is 0.323 e. The topological polar surface area (TPSA) is 72.5 Å². The number of rotatable bonds is 7. The Morgan fingerprint density at radius 1 is 1.39 bits per heavy atom. The van der Waals surface area contributed by atoms with E-state index in [9.17, 15) is 9.90 Å². The lowest BCUT2D eigenvalue weighted by Gasteiger charge is -2.12. The van der Waals surface area contributed by atoms with Crippen LogP contribution in [0, 0.1) is 0 Å². The van der Waals surface area contributed by atoms with Gasteiger partial charge in [0.15, 0.2) is 0 Å². The first kappa shape index (κ1) is 14.4. The Labute approximate surface area is 107 Å². The first-order valence-corrected chi connectivity index (χ1v) is 5.90. The molecule has 0 spiro atoms. The normalized spacial score (nSPS) is 13.7. The Morgan fingerprint density at radius 3 is 2.67 bits per heavy atom. The van der Waals surface area contributed by atoms with Crippen LogP contribution < -0.4 is 5.73 Å². The Bertz CT molecular complexity index is 378. The fraction of sp³-hybridized carbons (Fsp3) is 0.357. The lowest BCUT2D eigenvalue weighted by Crippen LogP contribution is -2.33. The maximum absolute atomic E-state index is 11.6. The highest BCUT2D eigenvalue weighted by molar-refractivity contribution is 5.75. The van der Waals surface area contributed by atoms with Crippen LogP contribution >= 0.6 is 0 Å². The zero-order valence-electron chi connectivity index (χ0n) is 10.3. The van der Waals surface area contributed by atoms with Gasteiger partial charge in [-0.2, -0.15) is 0 Å². The molecule has 0 radical (unpaired) electrons. The van der Waals surface area contributed by atoms with Gasteiger partial charge in [-0.15, -0.1) is 6.58 Å². The minimum Gasteiger partial charge on any atom is -0.460 e. The molecule has 0 amide bonds. The van der Waals surface area contributed by atoms with Crippen molar-refractivity contribution >= 4 is 5.97 Å². The Balaban J connectivity index is 2.30. The third-order valence-electron chi connectivity index (χ3n) is 2.57. The summed E-state index contributed by atoms with van der Waals surface area (Å²) in [6.07, 6.45) is 1.58. The summed E-state index contributed by atoms with van der Waals surface area (Å²) in [6, 6.07) is 8.70.